The van der Waals surface area contributed by atoms with Gasteiger partial charge in [0.05, 0.1) is 25.6 Å². The van der Waals surface area contributed by atoms with Crippen molar-refractivity contribution in [3.05, 3.63) is 54.1 Å². The standard InChI is InChI=1S/C20H26N2O5S/c1-15-9-11-17(12-10-15)22(28(4,24)25)16(2)20(23)21-13-14-27-19-8-6-5-7-18(19)26-3/h5-12,16H,13-14H2,1-4H3,(H,21,23)/t16-/m1/s1. The van der Waals surface area contributed by atoms with Gasteiger partial charge in [-0.2, -0.15) is 0 Å². The number of carbonyl (C=O) groups is 1. The van der Waals surface area contributed by atoms with E-state index in [0.29, 0.717) is 17.2 Å². The van der Waals surface area contributed by atoms with Gasteiger partial charge >= 0.3 is 0 Å². The van der Waals surface area contributed by atoms with Crippen LogP contribution >= 0.6 is 0 Å². The lowest BCUT2D eigenvalue weighted by Crippen LogP contribution is -2.48. The van der Waals surface area contributed by atoms with Gasteiger partial charge in [-0.15, -0.1) is 0 Å². The van der Waals surface area contributed by atoms with Crippen molar-refractivity contribution in [3.63, 3.8) is 0 Å². The minimum absolute atomic E-state index is 0.224. The van der Waals surface area contributed by atoms with Crippen LogP contribution in [0.5, 0.6) is 11.5 Å². The summed E-state index contributed by atoms with van der Waals surface area (Å²) in [6, 6.07) is 13.3. The fraction of sp³-hybridized carbons (Fsp3) is 0.350. The summed E-state index contributed by atoms with van der Waals surface area (Å²) in [5.41, 5.74) is 1.45. The molecule has 0 saturated heterocycles. The molecule has 0 aliphatic heterocycles. The molecule has 2 aromatic rings. The third-order valence-electron chi connectivity index (χ3n) is 4.10. The van der Waals surface area contributed by atoms with Gasteiger partial charge in [0.25, 0.3) is 0 Å². The molecule has 2 aromatic carbocycles. The molecule has 0 unspecified atom stereocenters. The molecule has 28 heavy (non-hydrogen) atoms. The van der Waals surface area contributed by atoms with E-state index in [4.69, 9.17) is 9.47 Å². The quantitative estimate of drug-likeness (QED) is 0.646. The van der Waals surface area contributed by atoms with Gasteiger partial charge in [0.1, 0.15) is 12.6 Å². The number of sulfonamides is 1. The summed E-state index contributed by atoms with van der Waals surface area (Å²) in [6.45, 7) is 3.92. The minimum atomic E-state index is -3.63. The van der Waals surface area contributed by atoms with E-state index in [1.807, 2.05) is 19.1 Å². The molecule has 0 radical (unpaired) electrons. The summed E-state index contributed by atoms with van der Waals surface area (Å²) in [6.07, 6.45) is 1.08. The van der Waals surface area contributed by atoms with E-state index in [-0.39, 0.29) is 13.2 Å². The third-order valence-corrected chi connectivity index (χ3v) is 5.35. The fourth-order valence-electron chi connectivity index (χ4n) is 2.72. The maximum Gasteiger partial charge on any atom is 0.243 e. The Morgan fingerprint density at radius 3 is 2.29 bits per heavy atom. The highest BCUT2D eigenvalue weighted by molar-refractivity contribution is 7.92. The molecule has 1 atom stereocenters. The van der Waals surface area contributed by atoms with Crippen molar-refractivity contribution >= 4 is 21.6 Å². The lowest BCUT2D eigenvalue weighted by atomic mass is 10.2. The van der Waals surface area contributed by atoms with Crippen LogP contribution in [0.15, 0.2) is 48.5 Å². The lowest BCUT2D eigenvalue weighted by molar-refractivity contribution is -0.121. The van der Waals surface area contributed by atoms with Gasteiger partial charge in [-0.1, -0.05) is 29.8 Å². The first-order valence-corrected chi connectivity index (χ1v) is 10.7. The van der Waals surface area contributed by atoms with E-state index in [9.17, 15) is 13.2 Å². The average molecular weight is 407 g/mol. The molecule has 8 heteroatoms. The van der Waals surface area contributed by atoms with Gasteiger partial charge in [-0.3, -0.25) is 9.10 Å². The van der Waals surface area contributed by atoms with Crippen LogP contribution in [-0.2, 0) is 14.8 Å². The number of carbonyl (C=O) groups excluding carboxylic acids is 1. The number of nitrogens with zero attached hydrogens (tertiary/aromatic N) is 1. The largest absolute Gasteiger partial charge is 0.493 e. The summed E-state index contributed by atoms with van der Waals surface area (Å²) >= 11 is 0. The molecular formula is C20H26N2O5S. The average Bonchev–Trinajstić information content (AvgIpc) is 2.66. The molecular weight excluding hydrogens is 380 g/mol. The minimum Gasteiger partial charge on any atom is -0.493 e. The third kappa shape index (κ3) is 5.63. The summed E-state index contributed by atoms with van der Waals surface area (Å²) in [7, 11) is -2.08. The second kappa shape index (κ2) is 9.45. The van der Waals surface area contributed by atoms with Crippen molar-refractivity contribution in [2.75, 3.05) is 30.8 Å². The molecule has 1 N–H and O–H groups in total. The van der Waals surface area contributed by atoms with Crippen LogP contribution in [0.3, 0.4) is 0 Å². The van der Waals surface area contributed by atoms with Crippen LogP contribution < -0.4 is 19.1 Å². The van der Waals surface area contributed by atoms with Crippen molar-refractivity contribution in [2.24, 2.45) is 0 Å². The second-order valence-electron chi connectivity index (χ2n) is 6.36. The second-order valence-corrected chi connectivity index (χ2v) is 8.22. The Morgan fingerprint density at radius 2 is 1.71 bits per heavy atom. The van der Waals surface area contributed by atoms with Crippen LogP contribution in [0, 0.1) is 6.92 Å². The predicted octanol–water partition coefficient (Wildman–Crippen LogP) is 2.35. The van der Waals surface area contributed by atoms with Gasteiger partial charge in [-0.05, 0) is 38.1 Å². The van der Waals surface area contributed by atoms with E-state index in [0.717, 1.165) is 16.1 Å². The van der Waals surface area contributed by atoms with Crippen LogP contribution in [0.25, 0.3) is 0 Å². The Kier molecular flexibility index (Phi) is 7.28. The normalized spacial score (nSPS) is 12.1. The van der Waals surface area contributed by atoms with Gasteiger partial charge in [-0.25, -0.2) is 8.42 Å². The highest BCUT2D eigenvalue weighted by Gasteiger charge is 2.28. The summed E-state index contributed by atoms with van der Waals surface area (Å²) in [5, 5.41) is 2.71. The van der Waals surface area contributed by atoms with Crippen LogP contribution in [0.2, 0.25) is 0 Å². The highest BCUT2D eigenvalue weighted by atomic mass is 32.2. The number of nitrogens with one attached hydrogen (secondary N) is 1. The van der Waals surface area contributed by atoms with Crippen LogP contribution in [-0.4, -0.2) is 46.9 Å². The molecule has 2 rings (SSSR count). The van der Waals surface area contributed by atoms with Crippen molar-refractivity contribution in [2.45, 2.75) is 19.9 Å². The Balaban J connectivity index is 1.98. The number of benzene rings is 2. The van der Waals surface area contributed by atoms with E-state index in [1.54, 1.807) is 50.4 Å². The predicted molar refractivity (Wildman–Crippen MR) is 109 cm³/mol. The smallest absolute Gasteiger partial charge is 0.243 e. The number of hydrogen-bond acceptors (Lipinski definition) is 5. The first kappa shape index (κ1) is 21.6. The number of rotatable bonds is 9. The molecule has 0 aliphatic rings. The molecule has 7 nitrogen and oxygen atoms in total. The summed E-state index contributed by atoms with van der Waals surface area (Å²) < 4.78 is 36.4. The number of hydrogen-bond donors (Lipinski definition) is 1. The van der Waals surface area contributed by atoms with Crippen molar-refractivity contribution in [3.8, 4) is 11.5 Å². The highest BCUT2D eigenvalue weighted by Crippen LogP contribution is 2.25. The van der Waals surface area contributed by atoms with Crippen LogP contribution in [0.1, 0.15) is 12.5 Å². The van der Waals surface area contributed by atoms with E-state index in [1.165, 1.54) is 0 Å². The molecule has 1 amide bonds. The Hall–Kier alpha value is -2.74. The van der Waals surface area contributed by atoms with Crippen LogP contribution in [0.4, 0.5) is 5.69 Å². The van der Waals surface area contributed by atoms with E-state index >= 15 is 0 Å². The molecule has 0 fully saturated rings. The van der Waals surface area contributed by atoms with Gasteiger partial charge in [0.2, 0.25) is 15.9 Å². The molecule has 152 valence electrons. The maximum atomic E-state index is 12.5. The first-order chi connectivity index (χ1) is 13.2. The molecule has 0 aromatic heterocycles. The molecule has 0 aliphatic carbocycles. The zero-order chi connectivity index (χ0) is 20.7. The van der Waals surface area contributed by atoms with Crippen molar-refractivity contribution in [1.82, 2.24) is 5.32 Å². The first-order valence-electron chi connectivity index (χ1n) is 8.83. The number of methoxy groups -OCH3 is 1. The molecule has 0 spiro atoms. The summed E-state index contributed by atoms with van der Waals surface area (Å²) in [5.74, 6) is 0.768. The molecule has 0 saturated carbocycles. The SMILES string of the molecule is COc1ccccc1OCCNC(=O)[C@@H](C)N(c1ccc(C)cc1)S(C)(=O)=O. The lowest BCUT2D eigenvalue weighted by Gasteiger charge is -2.28. The van der Waals surface area contributed by atoms with Crippen molar-refractivity contribution < 1.29 is 22.7 Å². The topological polar surface area (TPSA) is 84.9 Å². The molecule has 0 heterocycles. The van der Waals surface area contributed by atoms with E-state index in [2.05, 4.69) is 5.32 Å². The maximum absolute atomic E-state index is 12.5. The molecule has 0 bridgehead atoms. The zero-order valence-corrected chi connectivity index (χ0v) is 17.3. The van der Waals surface area contributed by atoms with Gasteiger partial charge in [0, 0.05) is 0 Å². The fourth-order valence-corrected chi connectivity index (χ4v) is 3.90. The number of aryl methyl sites for hydroxylation is 1. The van der Waals surface area contributed by atoms with Gasteiger partial charge in [0.15, 0.2) is 11.5 Å². The number of para-hydroxylation sites is 2. The summed E-state index contributed by atoms with van der Waals surface area (Å²) in [4.78, 5) is 12.5. The zero-order valence-electron chi connectivity index (χ0n) is 16.5. The Bertz CT molecular complexity index is 897. The Labute approximate surface area is 166 Å². The van der Waals surface area contributed by atoms with E-state index < -0.39 is 22.0 Å². The Morgan fingerprint density at radius 1 is 1.11 bits per heavy atom. The number of ether oxygens (including phenoxy) is 2. The monoisotopic (exact) mass is 406 g/mol. The number of anilines is 1. The van der Waals surface area contributed by atoms with Gasteiger partial charge < -0.3 is 14.8 Å². The number of amides is 1. The van der Waals surface area contributed by atoms with Crippen molar-refractivity contribution in [1.29, 1.82) is 0 Å².